The molecule has 3 heterocycles. The number of benzene rings is 2. The Balaban J connectivity index is 1.56. The standard InChI is InChI=1S/C19H13N5O2/c25-17(13-6-2-1-3-7-13)19(26)23-12-21-18-14-8-4-5-9-15(14)22-11-20-10-16(22)24(18)23/h1-12,18H. The van der Waals surface area contributed by atoms with Gasteiger partial charge in [0, 0.05) is 11.1 Å². The Hall–Kier alpha value is -3.74. The molecule has 2 aliphatic heterocycles. The minimum Gasteiger partial charge on any atom is -0.284 e. The third-order valence-corrected chi connectivity index (χ3v) is 4.55. The van der Waals surface area contributed by atoms with E-state index in [1.54, 1.807) is 47.9 Å². The van der Waals surface area contributed by atoms with E-state index in [1.807, 2.05) is 28.8 Å². The number of nitrogens with zero attached hydrogens (tertiary/aromatic N) is 5. The maximum absolute atomic E-state index is 12.9. The minimum absolute atomic E-state index is 0.347. The molecule has 0 N–H and O–H groups in total. The quantitative estimate of drug-likeness (QED) is 0.529. The molecule has 5 rings (SSSR count). The van der Waals surface area contributed by atoms with Crippen LogP contribution in [0.2, 0.25) is 0 Å². The van der Waals surface area contributed by atoms with Crippen LogP contribution in [0.1, 0.15) is 22.1 Å². The first-order valence-electron chi connectivity index (χ1n) is 8.13. The summed E-state index contributed by atoms with van der Waals surface area (Å²) < 4.78 is 1.88. The van der Waals surface area contributed by atoms with Gasteiger partial charge in [-0.25, -0.2) is 15.0 Å². The number of carbonyl (C=O) groups is 2. The minimum atomic E-state index is -0.658. The number of aliphatic imine (C=N–C) groups is 1. The molecule has 0 bridgehead atoms. The topological polar surface area (TPSA) is 70.8 Å². The summed E-state index contributed by atoms with van der Waals surface area (Å²) in [5, 5.41) is 2.96. The Labute approximate surface area is 148 Å². The number of aromatic nitrogens is 2. The van der Waals surface area contributed by atoms with Gasteiger partial charge in [-0.15, -0.1) is 0 Å². The molecule has 0 fully saturated rings. The van der Waals surface area contributed by atoms with Crippen LogP contribution in [0.15, 0.2) is 72.1 Å². The van der Waals surface area contributed by atoms with Crippen LogP contribution in [0.4, 0.5) is 5.82 Å². The van der Waals surface area contributed by atoms with Crippen molar-refractivity contribution >= 4 is 23.8 Å². The zero-order valence-electron chi connectivity index (χ0n) is 13.6. The summed E-state index contributed by atoms with van der Waals surface area (Å²) in [6.45, 7) is 0. The first-order chi connectivity index (χ1) is 12.8. The van der Waals surface area contributed by atoms with Crippen molar-refractivity contribution in [3.8, 4) is 5.69 Å². The Morgan fingerprint density at radius 2 is 1.73 bits per heavy atom. The van der Waals surface area contributed by atoms with Gasteiger partial charge in [0.25, 0.3) is 5.78 Å². The first kappa shape index (κ1) is 14.6. The zero-order chi connectivity index (χ0) is 17.7. The van der Waals surface area contributed by atoms with Crippen LogP contribution >= 0.6 is 0 Å². The van der Waals surface area contributed by atoms with Gasteiger partial charge in [0.05, 0.1) is 11.9 Å². The van der Waals surface area contributed by atoms with E-state index in [1.165, 1.54) is 11.3 Å². The van der Waals surface area contributed by atoms with E-state index in [9.17, 15) is 9.59 Å². The normalized spacial score (nSPS) is 16.8. The lowest BCUT2D eigenvalue weighted by molar-refractivity contribution is -0.123. The summed E-state index contributed by atoms with van der Waals surface area (Å²) in [7, 11) is 0. The monoisotopic (exact) mass is 343 g/mol. The van der Waals surface area contributed by atoms with E-state index < -0.39 is 17.9 Å². The SMILES string of the molecule is O=C(C(=O)N1C=NC2c3ccccc3-n3cncc3N21)c1ccccc1. The molecule has 0 saturated heterocycles. The number of hydrazine groups is 1. The van der Waals surface area contributed by atoms with Gasteiger partial charge in [0.2, 0.25) is 0 Å². The molecule has 7 heteroatoms. The van der Waals surface area contributed by atoms with Crippen LogP contribution in [0.3, 0.4) is 0 Å². The Morgan fingerprint density at radius 1 is 0.962 bits per heavy atom. The van der Waals surface area contributed by atoms with Crippen molar-refractivity contribution in [3.63, 3.8) is 0 Å². The molecule has 0 radical (unpaired) electrons. The third kappa shape index (κ3) is 1.94. The maximum Gasteiger partial charge on any atom is 0.319 e. The molecule has 1 unspecified atom stereocenters. The second kappa shape index (κ2) is 5.38. The van der Waals surface area contributed by atoms with Crippen molar-refractivity contribution in [2.75, 3.05) is 5.01 Å². The fourth-order valence-corrected chi connectivity index (χ4v) is 3.35. The van der Waals surface area contributed by atoms with Gasteiger partial charge < -0.3 is 0 Å². The number of Topliss-reactive ketones (excluding diaryl/α,β-unsaturated/α-hetero) is 1. The van der Waals surface area contributed by atoms with Gasteiger partial charge in [-0.3, -0.25) is 14.2 Å². The molecule has 0 aliphatic carbocycles. The fourth-order valence-electron chi connectivity index (χ4n) is 3.35. The summed E-state index contributed by atoms with van der Waals surface area (Å²) in [5.41, 5.74) is 2.25. The molecule has 2 aromatic carbocycles. The number of imidazole rings is 1. The number of rotatable bonds is 2. The van der Waals surface area contributed by atoms with Crippen molar-refractivity contribution in [3.05, 3.63) is 78.2 Å². The van der Waals surface area contributed by atoms with Gasteiger partial charge in [-0.1, -0.05) is 48.5 Å². The van der Waals surface area contributed by atoms with Crippen molar-refractivity contribution in [2.45, 2.75) is 6.17 Å². The molecule has 0 spiro atoms. The molecular formula is C19H13N5O2. The number of para-hydroxylation sites is 1. The van der Waals surface area contributed by atoms with Crippen LogP contribution in [0.5, 0.6) is 0 Å². The fraction of sp³-hybridized carbons (Fsp3) is 0.0526. The number of amides is 1. The molecule has 7 nitrogen and oxygen atoms in total. The molecular weight excluding hydrogens is 330 g/mol. The van der Waals surface area contributed by atoms with Gasteiger partial charge >= 0.3 is 5.91 Å². The Bertz CT molecular complexity index is 1060. The molecule has 2 aliphatic rings. The summed E-state index contributed by atoms with van der Waals surface area (Å²) in [6.07, 6.45) is 4.35. The summed E-state index contributed by atoms with van der Waals surface area (Å²) in [6, 6.07) is 16.3. The van der Waals surface area contributed by atoms with Crippen molar-refractivity contribution < 1.29 is 9.59 Å². The highest BCUT2D eigenvalue weighted by atomic mass is 16.2. The average Bonchev–Trinajstić information content (AvgIpc) is 3.34. The summed E-state index contributed by atoms with van der Waals surface area (Å²) in [5.74, 6) is -0.558. The molecule has 126 valence electrons. The second-order valence-corrected chi connectivity index (χ2v) is 6.01. The summed E-state index contributed by atoms with van der Waals surface area (Å²) >= 11 is 0. The van der Waals surface area contributed by atoms with E-state index in [-0.39, 0.29) is 0 Å². The van der Waals surface area contributed by atoms with Crippen LogP contribution < -0.4 is 5.01 Å². The van der Waals surface area contributed by atoms with Gasteiger partial charge in [0.15, 0.2) is 12.0 Å². The van der Waals surface area contributed by atoms with E-state index in [0.717, 1.165) is 11.3 Å². The van der Waals surface area contributed by atoms with Crippen LogP contribution in [-0.4, -0.2) is 32.6 Å². The van der Waals surface area contributed by atoms with Crippen LogP contribution in [0.25, 0.3) is 5.69 Å². The number of fused-ring (bicyclic) bond motifs is 6. The van der Waals surface area contributed by atoms with E-state index in [0.29, 0.717) is 11.4 Å². The van der Waals surface area contributed by atoms with Crippen molar-refractivity contribution in [2.24, 2.45) is 4.99 Å². The Kier molecular flexibility index (Phi) is 3.02. The lowest BCUT2D eigenvalue weighted by Crippen LogP contribution is -2.48. The van der Waals surface area contributed by atoms with Crippen molar-refractivity contribution in [1.82, 2.24) is 14.6 Å². The number of carbonyl (C=O) groups excluding carboxylic acids is 2. The molecule has 1 atom stereocenters. The molecule has 1 amide bonds. The first-order valence-corrected chi connectivity index (χ1v) is 8.13. The average molecular weight is 343 g/mol. The third-order valence-electron chi connectivity index (χ3n) is 4.55. The maximum atomic E-state index is 12.9. The highest BCUT2D eigenvalue weighted by Gasteiger charge is 2.41. The van der Waals surface area contributed by atoms with Gasteiger partial charge in [0.1, 0.15) is 12.7 Å². The lowest BCUT2D eigenvalue weighted by Gasteiger charge is -2.36. The van der Waals surface area contributed by atoms with Crippen LogP contribution in [-0.2, 0) is 4.79 Å². The largest absolute Gasteiger partial charge is 0.319 e. The molecule has 0 saturated carbocycles. The smallest absolute Gasteiger partial charge is 0.284 e. The van der Waals surface area contributed by atoms with E-state index >= 15 is 0 Å². The number of hydrogen-bond acceptors (Lipinski definition) is 5. The van der Waals surface area contributed by atoms with E-state index in [2.05, 4.69) is 9.98 Å². The molecule has 1 aromatic heterocycles. The zero-order valence-corrected chi connectivity index (χ0v) is 13.6. The number of hydrogen-bond donors (Lipinski definition) is 0. The molecule has 3 aromatic rings. The van der Waals surface area contributed by atoms with E-state index in [4.69, 9.17) is 0 Å². The number of ketones is 1. The van der Waals surface area contributed by atoms with Crippen LogP contribution in [0, 0.1) is 0 Å². The lowest BCUT2D eigenvalue weighted by atomic mass is 10.1. The number of anilines is 1. The van der Waals surface area contributed by atoms with Gasteiger partial charge in [-0.2, -0.15) is 5.01 Å². The predicted octanol–water partition coefficient (Wildman–Crippen LogP) is 2.36. The van der Waals surface area contributed by atoms with Crippen molar-refractivity contribution in [1.29, 1.82) is 0 Å². The second-order valence-electron chi connectivity index (χ2n) is 6.01. The molecule has 26 heavy (non-hydrogen) atoms. The summed E-state index contributed by atoms with van der Waals surface area (Å²) in [4.78, 5) is 34.1. The van der Waals surface area contributed by atoms with Gasteiger partial charge in [-0.05, 0) is 6.07 Å². The highest BCUT2D eigenvalue weighted by molar-refractivity contribution is 6.44. The highest BCUT2D eigenvalue weighted by Crippen LogP contribution is 2.41. The predicted molar refractivity (Wildman–Crippen MR) is 94.9 cm³/mol. The Morgan fingerprint density at radius 3 is 2.58 bits per heavy atom.